The second-order valence-electron chi connectivity index (χ2n) is 5.20. The highest BCUT2D eigenvalue weighted by Crippen LogP contribution is 2.33. The van der Waals surface area contributed by atoms with Gasteiger partial charge in [-0.1, -0.05) is 27.7 Å². The number of carbonyl (C=O) groups excluding carboxylic acids is 1. The number of nitrogens with zero attached hydrogens (tertiary/aromatic N) is 2. The van der Waals surface area contributed by atoms with Crippen molar-refractivity contribution in [1.29, 1.82) is 0 Å². The van der Waals surface area contributed by atoms with Crippen LogP contribution in [0.3, 0.4) is 0 Å². The Kier molecular flexibility index (Phi) is 5.07. The molecule has 0 radical (unpaired) electrons. The predicted molar refractivity (Wildman–Crippen MR) is 105 cm³/mol. The Morgan fingerprint density at radius 3 is 2.71 bits per heavy atom. The predicted octanol–water partition coefficient (Wildman–Crippen LogP) is 4.38. The van der Waals surface area contributed by atoms with Gasteiger partial charge in [0.2, 0.25) is 5.91 Å². The second-order valence-corrected chi connectivity index (χ2v) is 8.26. The number of anilines is 2. The normalized spacial score (nSPS) is 11.0. The van der Waals surface area contributed by atoms with Crippen molar-refractivity contribution in [2.45, 2.75) is 19.0 Å². The van der Waals surface area contributed by atoms with Gasteiger partial charge in [0.25, 0.3) is 0 Å². The van der Waals surface area contributed by atoms with Gasteiger partial charge < -0.3 is 11.1 Å². The van der Waals surface area contributed by atoms with E-state index < -0.39 is 0 Å². The molecular weight excluding hydrogens is 408 g/mol. The summed E-state index contributed by atoms with van der Waals surface area (Å²) in [5.41, 5.74) is 7.93. The molecule has 3 rings (SSSR count). The number of rotatable bonds is 4. The summed E-state index contributed by atoms with van der Waals surface area (Å²) in [6.45, 7) is 4.06. The third kappa shape index (κ3) is 3.71. The van der Waals surface area contributed by atoms with Crippen LogP contribution in [0.25, 0.3) is 10.2 Å². The maximum Gasteiger partial charge on any atom is 0.234 e. The summed E-state index contributed by atoms with van der Waals surface area (Å²) in [5.74, 6) is 0.588. The fourth-order valence-corrected chi connectivity index (χ4v) is 4.20. The number of amides is 1. The van der Waals surface area contributed by atoms with Gasteiger partial charge in [-0.05, 0) is 43.7 Å². The number of nitrogens with one attached hydrogen (secondary N) is 1. The highest BCUT2D eigenvalue weighted by molar-refractivity contribution is 9.10. The molecule has 3 aromatic rings. The van der Waals surface area contributed by atoms with Crippen molar-refractivity contribution in [3.05, 3.63) is 39.2 Å². The van der Waals surface area contributed by atoms with Crippen molar-refractivity contribution in [3.8, 4) is 0 Å². The number of thiophene rings is 1. The van der Waals surface area contributed by atoms with Crippen LogP contribution < -0.4 is 11.1 Å². The fraction of sp³-hybridized carbons (Fsp3) is 0.188. The number of aryl methyl sites for hydroxylation is 2. The number of halogens is 1. The van der Waals surface area contributed by atoms with Gasteiger partial charge in [0, 0.05) is 15.0 Å². The molecular formula is C16H15BrN4OS2. The maximum absolute atomic E-state index is 12.0. The van der Waals surface area contributed by atoms with E-state index in [0.717, 1.165) is 25.9 Å². The number of thioether (sulfide) groups is 1. The third-order valence-corrected chi connectivity index (χ3v) is 5.97. The third-order valence-electron chi connectivity index (χ3n) is 3.50. The van der Waals surface area contributed by atoms with E-state index in [0.29, 0.717) is 11.0 Å². The van der Waals surface area contributed by atoms with Crippen molar-refractivity contribution in [3.63, 3.8) is 0 Å². The molecule has 3 N–H and O–H groups in total. The molecule has 0 saturated carbocycles. The van der Waals surface area contributed by atoms with Crippen molar-refractivity contribution in [2.24, 2.45) is 0 Å². The molecule has 0 saturated heterocycles. The maximum atomic E-state index is 12.0. The molecule has 0 atom stereocenters. The van der Waals surface area contributed by atoms with E-state index in [1.165, 1.54) is 16.6 Å². The van der Waals surface area contributed by atoms with Crippen LogP contribution in [0.1, 0.15) is 10.4 Å². The minimum Gasteiger partial charge on any atom is -0.383 e. The molecule has 1 amide bonds. The van der Waals surface area contributed by atoms with E-state index in [1.54, 1.807) is 11.3 Å². The molecule has 0 unspecified atom stereocenters. The number of fused-ring (bicyclic) bond motifs is 1. The van der Waals surface area contributed by atoms with E-state index in [2.05, 4.69) is 31.2 Å². The highest BCUT2D eigenvalue weighted by Gasteiger charge is 2.14. The van der Waals surface area contributed by atoms with Gasteiger partial charge in [-0.15, -0.1) is 11.3 Å². The Hall–Kier alpha value is -1.64. The molecule has 0 spiro atoms. The monoisotopic (exact) mass is 422 g/mol. The Morgan fingerprint density at radius 1 is 1.29 bits per heavy atom. The summed E-state index contributed by atoms with van der Waals surface area (Å²) in [5, 5.41) is 4.28. The van der Waals surface area contributed by atoms with Crippen molar-refractivity contribution in [2.75, 3.05) is 16.8 Å². The SMILES string of the molecule is Cc1sc2nc(SCC(=O)Nc3ccc(Br)cc3)nc(N)c2c1C. The molecule has 0 bridgehead atoms. The average molecular weight is 423 g/mol. The van der Waals surface area contributed by atoms with Gasteiger partial charge in [-0.3, -0.25) is 4.79 Å². The minimum absolute atomic E-state index is 0.108. The summed E-state index contributed by atoms with van der Waals surface area (Å²) in [4.78, 5) is 22.9. The van der Waals surface area contributed by atoms with Crippen LogP contribution in [0.15, 0.2) is 33.9 Å². The van der Waals surface area contributed by atoms with Crippen LogP contribution in [-0.4, -0.2) is 21.6 Å². The molecule has 2 aromatic heterocycles. The first kappa shape index (κ1) is 17.2. The molecule has 5 nitrogen and oxygen atoms in total. The number of hydrogen-bond donors (Lipinski definition) is 2. The number of carbonyl (C=O) groups is 1. The molecule has 2 heterocycles. The smallest absolute Gasteiger partial charge is 0.234 e. The first-order chi connectivity index (χ1) is 11.4. The van der Waals surface area contributed by atoms with Crippen molar-refractivity contribution in [1.82, 2.24) is 9.97 Å². The summed E-state index contributed by atoms with van der Waals surface area (Å²) in [7, 11) is 0. The Balaban J connectivity index is 1.69. The Bertz CT molecular complexity index is 909. The van der Waals surface area contributed by atoms with Crippen LogP contribution in [0.4, 0.5) is 11.5 Å². The largest absolute Gasteiger partial charge is 0.383 e. The van der Waals surface area contributed by atoms with Gasteiger partial charge >= 0.3 is 0 Å². The fourth-order valence-electron chi connectivity index (χ4n) is 2.19. The topological polar surface area (TPSA) is 80.9 Å². The number of hydrogen-bond acceptors (Lipinski definition) is 6. The lowest BCUT2D eigenvalue weighted by molar-refractivity contribution is -0.113. The van der Waals surface area contributed by atoms with Crippen LogP contribution in [-0.2, 0) is 4.79 Å². The van der Waals surface area contributed by atoms with Crippen LogP contribution >= 0.6 is 39.0 Å². The minimum atomic E-state index is -0.108. The average Bonchev–Trinajstić information content (AvgIpc) is 2.82. The Labute approximate surface area is 156 Å². The molecule has 0 aliphatic heterocycles. The molecule has 8 heteroatoms. The summed E-state index contributed by atoms with van der Waals surface area (Å²) < 4.78 is 0.966. The quantitative estimate of drug-likeness (QED) is 0.481. The van der Waals surface area contributed by atoms with E-state index in [-0.39, 0.29) is 11.7 Å². The van der Waals surface area contributed by atoms with Crippen LogP contribution in [0.5, 0.6) is 0 Å². The zero-order valence-electron chi connectivity index (χ0n) is 13.1. The van der Waals surface area contributed by atoms with Gasteiger partial charge in [-0.2, -0.15) is 0 Å². The van der Waals surface area contributed by atoms with Crippen molar-refractivity contribution < 1.29 is 4.79 Å². The zero-order valence-corrected chi connectivity index (χ0v) is 16.3. The summed E-state index contributed by atoms with van der Waals surface area (Å²) >= 11 is 6.24. The lowest BCUT2D eigenvalue weighted by Crippen LogP contribution is -2.14. The first-order valence-corrected chi connectivity index (χ1v) is 9.75. The van der Waals surface area contributed by atoms with Crippen LogP contribution in [0.2, 0.25) is 0 Å². The summed E-state index contributed by atoms with van der Waals surface area (Å²) in [6, 6.07) is 7.43. The van der Waals surface area contributed by atoms with E-state index in [4.69, 9.17) is 5.73 Å². The second kappa shape index (κ2) is 7.08. The molecule has 1 aromatic carbocycles. The molecule has 0 aliphatic rings. The van der Waals surface area contributed by atoms with Gasteiger partial charge in [-0.25, -0.2) is 9.97 Å². The van der Waals surface area contributed by atoms with Gasteiger partial charge in [0.1, 0.15) is 10.6 Å². The van der Waals surface area contributed by atoms with Gasteiger partial charge in [0.15, 0.2) is 5.16 Å². The molecule has 0 fully saturated rings. The highest BCUT2D eigenvalue weighted by atomic mass is 79.9. The number of aromatic nitrogens is 2. The zero-order chi connectivity index (χ0) is 17.3. The lowest BCUT2D eigenvalue weighted by atomic mass is 10.2. The van der Waals surface area contributed by atoms with Gasteiger partial charge in [0.05, 0.1) is 11.1 Å². The van der Waals surface area contributed by atoms with Crippen molar-refractivity contribution >= 4 is 66.7 Å². The van der Waals surface area contributed by atoms with Crippen LogP contribution in [0, 0.1) is 13.8 Å². The molecule has 0 aliphatic carbocycles. The molecule has 124 valence electrons. The van der Waals surface area contributed by atoms with E-state index in [9.17, 15) is 4.79 Å². The Morgan fingerprint density at radius 2 is 2.00 bits per heavy atom. The number of benzene rings is 1. The molecule has 24 heavy (non-hydrogen) atoms. The van der Waals surface area contributed by atoms with E-state index >= 15 is 0 Å². The first-order valence-electron chi connectivity index (χ1n) is 7.15. The number of nitrogens with two attached hydrogens (primary N) is 1. The lowest BCUT2D eigenvalue weighted by Gasteiger charge is -2.05. The number of nitrogen functional groups attached to an aromatic ring is 1. The van der Waals surface area contributed by atoms with E-state index in [1.807, 2.05) is 38.1 Å². The summed E-state index contributed by atoms with van der Waals surface area (Å²) in [6.07, 6.45) is 0. The standard InChI is InChI=1S/C16H15BrN4OS2/c1-8-9(2)24-15-13(8)14(18)20-16(21-15)23-7-12(22)19-11-5-3-10(17)4-6-11/h3-6H,7H2,1-2H3,(H,19,22)(H2,18,20,21).